The fourth-order valence-corrected chi connectivity index (χ4v) is 3.87. The molecule has 1 aromatic carbocycles. The van der Waals surface area contributed by atoms with Gasteiger partial charge in [-0.25, -0.2) is 0 Å². The van der Waals surface area contributed by atoms with Crippen molar-refractivity contribution < 1.29 is 0 Å². The third kappa shape index (κ3) is 4.81. The summed E-state index contributed by atoms with van der Waals surface area (Å²) >= 11 is 7.97. The van der Waals surface area contributed by atoms with Gasteiger partial charge in [0.15, 0.2) is 0 Å². The first-order valence-corrected chi connectivity index (χ1v) is 8.70. The molecule has 0 fully saturated rings. The molecule has 0 radical (unpaired) electrons. The van der Waals surface area contributed by atoms with Crippen molar-refractivity contribution in [2.24, 2.45) is 5.84 Å². The van der Waals surface area contributed by atoms with Crippen LogP contribution in [0.2, 0.25) is 5.02 Å². The molecule has 0 amide bonds. The maximum absolute atomic E-state index is 6.20. The predicted molar refractivity (Wildman–Crippen MR) is 89.1 cm³/mol. The molecule has 1 aliphatic carbocycles. The molecule has 0 aromatic heterocycles. The molecular formula is C16H23ClN2S. The summed E-state index contributed by atoms with van der Waals surface area (Å²) in [6.45, 7) is 0. The standard InChI is InChI=1S/C16H23ClN2S/c17-14-10-6-7-11-16(14)20-12-15(19-18)13-8-4-2-1-3-5-9-13/h6-8,10-11,15,19H,1-5,9,12,18H2/b13-8+. The normalized spacial score (nSPS) is 20.6. The zero-order valence-electron chi connectivity index (χ0n) is 11.8. The number of allylic oxidation sites excluding steroid dienone is 1. The number of hydrogen-bond acceptors (Lipinski definition) is 3. The van der Waals surface area contributed by atoms with Gasteiger partial charge in [0.05, 0.1) is 11.1 Å². The van der Waals surface area contributed by atoms with E-state index in [4.69, 9.17) is 17.4 Å². The van der Waals surface area contributed by atoms with Gasteiger partial charge in [-0.2, -0.15) is 0 Å². The molecule has 1 atom stereocenters. The van der Waals surface area contributed by atoms with E-state index in [1.807, 2.05) is 18.2 Å². The molecule has 2 rings (SSSR count). The van der Waals surface area contributed by atoms with Gasteiger partial charge in [-0.05, 0) is 37.8 Å². The molecule has 0 spiro atoms. The zero-order chi connectivity index (χ0) is 14.2. The molecular weight excluding hydrogens is 288 g/mol. The van der Waals surface area contributed by atoms with E-state index in [0.717, 1.165) is 22.1 Å². The predicted octanol–water partition coefficient (Wildman–Crippen LogP) is 4.54. The number of thioether (sulfide) groups is 1. The number of hydrogen-bond donors (Lipinski definition) is 2. The average Bonchev–Trinajstić information content (AvgIpc) is 2.42. The van der Waals surface area contributed by atoms with Gasteiger partial charge in [0.1, 0.15) is 0 Å². The fraction of sp³-hybridized carbons (Fsp3) is 0.500. The second-order valence-electron chi connectivity index (χ2n) is 5.19. The number of nitrogens with two attached hydrogens (primary N) is 1. The van der Waals surface area contributed by atoms with E-state index in [-0.39, 0.29) is 6.04 Å². The Kier molecular flexibility index (Phi) is 6.94. The minimum absolute atomic E-state index is 0.245. The molecule has 1 aromatic rings. The SMILES string of the molecule is NNC(CSc1ccccc1Cl)/C1=C/CCCCCC1. The lowest BCUT2D eigenvalue weighted by Crippen LogP contribution is -2.38. The molecule has 4 heteroatoms. The second-order valence-corrected chi connectivity index (χ2v) is 6.66. The van der Waals surface area contributed by atoms with E-state index >= 15 is 0 Å². The topological polar surface area (TPSA) is 38.0 Å². The Morgan fingerprint density at radius 2 is 2.00 bits per heavy atom. The molecule has 20 heavy (non-hydrogen) atoms. The van der Waals surface area contributed by atoms with Crippen molar-refractivity contribution in [2.75, 3.05) is 5.75 Å². The minimum atomic E-state index is 0.245. The number of rotatable bonds is 5. The summed E-state index contributed by atoms with van der Waals surface area (Å²) in [7, 11) is 0. The highest BCUT2D eigenvalue weighted by Crippen LogP contribution is 2.29. The van der Waals surface area contributed by atoms with Crippen LogP contribution in [0.3, 0.4) is 0 Å². The molecule has 1 aliphatic rings. The van der Waals surface area contributed by atoms with Crippen LogP contribution in [0, 0.1) is 0 Å². The Bertz CT molecular complexity index is 448. The van der Waals surface area contributed by atoms with E-state index in [1.165, 1.54) is 37.7 Å². The zero-order valence-corrected chi connectivity index (χ0v) is 13.3. The van der Waals surface area contributed by atoms with Crippen LogP contribution in [0.15, 0.2) is 40.8 Å². The summed E-state index contributed by atoms with van der Waals surface area (Å²) in [5, 5.41) is 0.819. The first-order valence-electron chi connectivity index (χ1n) is 7.33. The van der Waals surface area contributed by atoms with Gasteiger partial charge in [0.2, 0.25) is 0 Å². The lowest BCUT2D eigenvalue weighted by molar-refractivity contribution is 0.567. The highest BCUT2D eigenvalue weighted by Gasteiger charge is 2.14. The number of hydrazine groups is 1. The van der Waals surface area contributed by atoms with Crippen LogP contribution in [0.25, 0.3) is 0 Å². The fourth-order valence-electron chi connectivity index (χ4n) is 2.53. The first-order chi connectivity index (χ1) is 9.81. The molecule has 110 valence electrons. The molecule has 0 bridgehead atoms. The molecule has 0 saturated carbocycles. The third-order valence-corrected chi connectivity index (χ3v) is 5.33. The number of halogens is 1. The smallest absolute Gasteiger partial charge is 0.0541 e. The summed E-state index contributed by atoms with van der Waals surface area (Å²) in [6.07, 6.45) is 10.0. The highest BCUT2D eigenvalue weighted by molar-refractivity contribution is 7.99. The maximum Gasteiger partial charge on any atom is 0.0541 e. The summed E-state index contributed by atoms with van der Waals surface area (Å²) < 4.78 is 0. The lowest BCUT2D eigenvalue weighted by Gasteiger charge is -2.21. The van der Waals surface area contributed by atoms with Gasteiger partial charge in [0, 0.05) is 10.6 Å². The van der Waals surface area contributed by atoms with Crippen molar-refractivity contribution in [1.82, 2.24) is 5.43 Å². The monoisotopic (exact) mass is 310 g/mol. The number of benzene rings is 1. The van der Waals surface area contributed by atoms with E-state index < -0.39 is 0 Å². The van der Waals surface area contributed by atoms with Gasteiger partial charge in [-0.3, -0.25) is 11.3 Å². The maximum atomic E-state index is 6.20. The summed E-state index contributed by atoms with van der Waals surface area (Å²) in [5.41, 5.74) is 4.44. The van der Waals surface area contributed by atoms with Crippen LogP contribution < -0.4 is 11.3 Å². The summed E-state index contributed by atoms with van der Waals surface area (Å²) in [6, 6.07) is 8.22. The van der Waals surface area contributed by atoms with Crippen LogP contribution in [-0.2, 0) is 0 Å². The molecule has 1 unspecified atom stereocenters. The molecule has 2 nitrogen and oxygen atoms in total. The lowest BCUT2D eigenvalue weighted by atomic mass is 9.96. The quantitative estimate of drug-likeness (QED) is 0.363. The summed E-state index contributed by atoms with van der Waals surface area (Å²) in [5.74, 6) is 6.68. The molecule has 3 N–H and O–H groups in total. The number of nitrogens with one attached hydrogen (secondary N) is 1. The second kappa shape index (κ2) is 8.73. The average molecular weight is 311 g/mol. The first kappa shape index (κ1) is 15.9. The van der Waals surface area contributed by atoms with E-state index in [9.17, 15) is 0 Å². The van der Waals surface area contributed by atoms with Crippen molar-refractivity contribution in [3.05, 3.63) is 40.9 Å². The Balaban J connectivity index is 1.96. The summed E-state index contributed by atoms with van der Waals surface area (Å²) in [4.78, 5) is 1.13. The minimum Gasteiger partial charge on any atom is -0.271 e. The van der Waals surface area contributed by atoms with Crippen molar-refractivity contribution in [1.29, 1.82) is 0 Å². The Morgan fingerprint density at radius 3 is 2.80 bits per heavy atom. The van der Waals surface area contributed by atoms with Gasteiger partial charge >= 0.3 is 0 Å². The molecule has 0 heterocycles. The Labute approximate surface area is 131 Å². The van der Waals surface area contributed by atoms with Crippen LogP contribution in [0.1, 0.15) is 38.5 Å². The van der Waals surface area contributed by atoms with Crippen molar-refractivity contribution in [3.8, 4) is 0 Å². The highest BCUT2D eigenvalue weighted by atomic mass is 35.5. The van der Waals surface area contributed by atoms with Crippen molar-refractivity contribution >= 4 is 23.4 Å². The van der Waals surface area contributed by atoms with Crippen molar-refractivity contribution in [3.63, 3.8) is 0 Å². The third-order valence-electron chi connectivity index (χ3n) is 3.72. The van der Waals surface area contributed by atoms with Crippen LogP contribution in [0.5, 0.6) is 0 Å². The van der Waals surface area contributed by atoms with Crippen LogP contribution in [-0.4, -0.2) is 11.8 Å². The van der Waals surface area contributed by atoms with Gasteiger partial charge in [-0.15, -0.1) is 11.8 Å². The Hall–Kier alpha value is -0.480. The van der Waals surface area contributed by atoms with Gasteiger partial charge < -0.3 is 0 Å². The van der Waals surface area contributed by atoms with Crippen molar-refractivity contribution in [2.45, 2.75) is 49.5 Å². The van der Waals surface area contributed by atoms with E-state index in [0.29, 0.717) is 0 Å². The van der Waals surface area contributed by atoms with Crippen LogP contribution in [0.4, 0.5) is 0 Å². The van der Waals surface area contributed by atoms with E-state index in [1.54, 1.807) is 11.8 Å². The molecule has 0 saturated heterocycles. The molecule has 0 aliphatic heterocycles. The van der Waals surface area contributed by atoms with Gasteiger partial charge in [0.25, 0.3) is 0 Å². The van der Waals surface area contributed by atoms with Crippen LogP contribution >= 0.6 is 23.4 Å². The van der Waals surface area contributed by atoms with Gasteiger partial charge in [-0.1, -0.05) is 48.2 Å². The van der Waals surface area contributed by atoms with E-state index in [2.05, 4.69) is 17.6 Å². The Morgan fingerprint density at radius 1 is 1.20 bits per heavy atom. The largest absolute Gasteiger partial charge is 0.271 e.